The van der Waals surface area contributed by atoms with Gasteiger partial charge in [-0.15, -0.1) is 0 Å². The predicted molar refractivity (Wildman–Crippen MR) is 97.0 cm³/mol. The summed E-state index contributed by atoms with van der Waals surface area (Å²) < 4.78 is 16.2. The Morgan fingerprint density at radius 2 is 1.92 bits per heavy atom. The number of methoxy groups -OCH3 is 1. The van der Waals surface area contributed by atoms with Crippen molar-refractivity contribution in [3.05, 3.63) is 52.5 Å². The van der Waals surface area contributed by atoms with Gasteiger partial charge in [-0.3, -0.25) is 4.79 Å². The topological polar surface area (TPSA) is 73.9 Å². The second kappa shape index (κ2) is 9.08. The van der Waals surface area contributed by atoms with E-state index in [4.69, 9.17) is 14.2 Å². The number of hydrogen-bond donors (Lipinski definition) is 1. The van der Waals surface area contributed by atoms with Crippen molar-refractivity contribution < 1.29 is 23.8 Å². The Morgan fingerprint density at radius 1 is 1.12 bits per heavy atom. The summed E-state index contributed by atoms with van der Waals surface area (Å²) in [4.78, 5) is 23.6. The Bertz CT molecular complexity index is 763. The van der Waals surface area contributed by atoms with E-state index in [2.05, 4.69) is 21.2 Å². The third kappa shape index (κ3) is 6.11. The summed E-state index contributed by atoms with van der Waals surface area (Å²) in [6.07, 6.45) is 0. The summed E-state index contributed by atoms with van der Waals surface area (Å²) in [6, 6.07) is 12.5. The van der Waals surface area contributed by atoms with Gasteiger partial charge < -0.3 is 19.5 Å². The van der Waals surface area contributed by atoms with Crippen molar-refractivity contribution in [2.75, 3.05) is 25.6 Å². The first-order valence-electron chi connectivity index (χ1n) is 7.46. The summed E-state index contributed by atoms with van der Waals surface area (Å²) in [5.41, 5.74) is 1.49. The number of esters is 1. The van der Waals surface area contributed by atoms with Gasteiger partial charge in [0.05, 0.1) is 12.8 Å². The van der Waals surface area contributed by atoms with Gasteiger partial charge in [0.25, 0.3) is 5.91 Å². The molecule has 6 nitrogen and oxygen atoms in total. The maximum Gasteiger partial charge on any atom is 0.344 e. The molecule has 0 aliphatic carbocycles. The van der Waals surface area contributed by atoms with E-state index in [1.165, 1.54) is 7.11 Å². The number of ether oxygens (including phenoxy) is 3. The number of nitrogens with one attached hydrogen (secondary N) is 1. The van der Waals surface area contributed by atoms with Crippen LogP contribution in [0.25, 0.3) is 0 Å². The van der Waals surface area contributed by atoms with E-state index < -0.39 is 18.5 Å². The SMILES string of the molecule is COc1ccc(C)cc1NC(=O)COC(=O)COc1cccc(Br)c1. The Morgan fingerprint density at radius 3 is 2.64 bits per heavy atom. The van der Waals surface area contributed by atoms with E-state index >= 15 is 0 Å². The fourth-order valence-electron chi connectivity index (χ4n) is 1.99. The first-order chi connectivity index (χ1) is 12.0. The molecule has 1 N–H and O–H groups in total. The fourth-order valence-corrected chi connectivity index (χ4v) is 2.37. The Labute approximate surface area is 154 Å². The van der Waals surface area contributed by atoms with Crippen LogP contribution in [-0.4, -0.2) is 32.2 Å². The van der Waals surface area contributed by atoms with E-state index in [1.54, 1.807) is 30.3 Å². The molecule has 2 aromatic rings. The van der Waals surface area contributed by atoms with Crippen molar-refractivity contribution >= 4 is 33.5 Å². The van der Waals surface area contributed by atoms with Crippen LogP contribution in [0, 0.1) is 6.92 Å². The van der Waals surface area contributed by atoms with Gasteiger partial charge in [-0.25, -0.2) is 4.79 Å². The minimum Gasteiger partial charge on any atom is -0.495 e. The van der Waals surface area contributed by atoms with Crippen LogP contribution < -0.4 is 14.8 Å². The maximum absolute atomic E-state index is 11.9. The summed E-state index contributed by atoms with van der Waals surface area (Å²) >= 11 is 3.31. The highest BCUT2D eigenvalue weighted by Gasteiger charge is 2.11. The number of carbonyl (C=O) groups excluding carboxylic acids is 2. The van der Waals surface area contributed by atoms with Crippen molar-refractivity contribution in [2.45, 2.75) is 6.92 Å². The molecule has 0 aliphatic heterocycles. The second-order valence-electron chi connectivity index (χ2n) is 5.16. The first-order valence-corrected chi connectivity index (χ1v) is 8.25. The van der Waals surface area contributed by atoms with E-state index in [1.807, 2.05) is 19.1 Å². The molecular formula is C18H18BrNO5. The maximum atomic E-state index is 11.9. The lowest BCUT2D eigenvalue weighted by molar-refractivity contribution is -0.149. The molecule has 2 rings (SSSR count). The zero-order valence-electron chi connectivity index (χ0n) is 13.9. The molecule has 1 amide bonds. The first kappa shape index (κ1) is 18.8. The lowest BCUT2D eigenvalue weighted by atomic mass is 10.2. The van der Waals surface area contributed by atoms with E-state index in [0.717, 1.165) is 10.0 Å². The third-order valence-corrected chi connectivity index (χ3v) is 3.64. The van der Waals surface area contributed by atoms with Crippen LogP contribution in [0.4, 0.5) is 5.69 Å². The molecule has 0 aromatic heterocycles. The van der Waals surface area contributed by atoms with Gasteiger partial charge in [-0.05, 0) is 42.8 Å². The number of halogens is 1. The predicted octanol–water partition coefficient (Wildman–Crippen LogP) is 3.33. The van der Waals surface area contributed by atoms with Gasteiger partial charge in [0, 0.05) is 4.47 Å². The van der Waals surface area contributed by atoms with Crippen molar-refractivity contribution in [3.8, 4) is 11.5 Å². The number of amides is 1. The number of aryl methyl sites for hydroxylation is 1. The van der Waals surface area contributed by atoms with Crippen molar-refractivity contribution in [1.82, 2.24) is 0 Å². The van der Waals surface area contributed by atoms with Crippen LogP contribution in [0.5, 0.6) is 11.5 Å². The second-order valence-corrected chi connectivity index (χ2v) is 6.07. The fraction of sp³-hybridized carbons (Fsp3) is 0.222. The molecular weight excluding hydrogens is 390 g/mol. The van der Waals surface area contributed by atoms with Crippen LogP contribution in [0.1, 0.15) is 5.56 Å². The van der Waals surface area contributed by atoms with Crippen molar-refractivity contribution in [1.29, 1.82) is 0 Å². The molecule has 2 aromatic carbocycles. The summed E-state index contributed by atoms with van der Waals surface area (Å²) in [7, 11) is 1.51. The Kier molecular flexibility index (Phi) is 6.82. The molecule has 0 saturated heterocycles. The summed E-state index contributed by atoms with van der Waals surface area (Å²) in [5, 5.41) is 2.65. The molecule has 0 unspecified atom stereocenters. The average Bonchev–Trinajstić information content (AvgIpc) is 2.58. The molecule has 0 fully saturated rings. The van der Waals surface area contributed by atoms with E-state index in [0.29, 0.717) is 17.2 Å². The van der Waals surface area contributed by atoms with Crippen LogP contribution in [0.2, 0.25) is 0 Å². The Hall–Kier alpha value is -2.54. The number of carbonyl (C=O) groups is 2. The van der Waals surface area contributed by atoms with Gasteiger partial charge in [-0.2, -0.15) is 0 Å². The number of hydrogen-bond acceptors (Lipinski definition) is 5. The molecule has 132 valence electrons. The highest BCUT2D eigenvalue weighted by Crippen LogP contribution is 2.25. The molecule has 0 spiro atoms. The van der Waals surface area contributed by atoms with Gasteiger partial charge in [0.1, 0.15) is 11.5 Å². The van der Waals surface area contributed by atoms with Crippen LogP contribution >= 0.6 is 15.9 Å². The standard InChI is InChI=1S/C18H18BrNO5/c1-12-6-7-16(23-2)15(8-12)20-17(21)10-25-18(22)11-24-14-5-3-4-13(19)9-14/h3-9H,10-11H2,1-2H3,(H,20,21). The molecule has 0 atom stereocenters. The number of benzene rings is 2. The Balaban J connectivity index is 1.79. The number of rotatable bonds is 7. The average molecular weight is 408 g/mol. The monoisotopic (exact) mass is 407 g/mol. The lowest BCUT2D eigenvalue weighted by Gasteiger charge is -2.11. The smallest absolute Gasteiger partial charge is 0.344 e. The van der Waals surface area contributed by atoms with Crippen LogP contribution in [0.15, 0.2) is 46.9 Å². The summed E-state index contributed by atoms with van der Waals surface area (Å²) in [6.45, 7) is 1.21. The summed E-state index contributed by atoms with van der Waals surface area (Å²) in [5.74, 6) is -0.0328. The van der Waals surface area contributed by atoms with E-state index in [9.17, 15) is 9.59 Å². The molecule has 0 aliphatic rings. The zero-order valence-corrected chi connectivity index (χ0v) is 15.5. The largest absolute Gasteiger partial charge is 0.495 e. The molecule has 0 saturated carbocycles. The normalized spacial score (nSPS) is 10.0. The van der Waals surface area contributed by atoms with Crippen molar-refractivity contribution in [3.63, 3.8) is 0 Å². The molecule has 0 bridgehead atoms. The van der Waals surface area contributed by atoms with Gasteiger partial charge in [0.15, 0.2) is 13.2 Å². The molecule has 0 heterocycles. The third-order valence-electron chi connectivity index (χ3n) is 3.15. The lowest BCUT2D eigenvalue weighted by Crippen LogP contribution is -2.23. The van der Waals surface area contributed by atoms with Gasteiger partial charge >= 0.3 is 5.97 Å². The van der Waals surface area contributed by atoms with Crippen molar-refractivity contribution in [2.24, 2.45) is 0 Å². The highest BCUT2D eigenvalue weighted by atomic mass is 79.9. The van der Waals surface area contributed by atoms with Crippen LogP contribution in [-0.2, 0) is 14.3 Å². The highest BCUT2D eigenvalue weighted by molar-refractivity contribution is 9.10. The quantitative estimate of drug-likeness (QED) is 0.712. The molecule has 25 heavy (non-hydrogen) atoms. The minimum atomic E-state index is -0.633. The minimum absolute atomic E-state index is 0.280. The van der Waals surface area contributed by atoms with Gasteiger partial charge in [-0.1, -0.05) is 28.1 Å². The molecule has 7 heteroatoms. The van der Waals surface area contributed by atoms with Crippen LogP contribution in [0.3, 0.4) is 0 Å². The zero-order chi connectivity index (χ0) is 18.2. The van der Waals surface area contributed by atoms with E-state index in [-0.39, 0.29) is 6.61 Å². The number of anilines is 1. The molecule has 0 radical (unpaired) electrons. The van der Waals surface area contributed by atoms with Gasteiger partial charge in [0.2, 0.25) is 0 Å².